The molecule has 286 valence electrons. The molecule has 2 fully saturated rings. The minimum Gasteiger partial charge on any atom is -0.435 e. The van der Waals surface area contributed by atoms with Gasteiger partial charge in [0, 0.05) is 47.7 Å². The minimum absolute atomic E-state index is 0.0118. The van der Waals surface area contributed by atoms with Crippen molar-refractivity contribution in [3.05, 3.63) is 133 Å². The molecule has 2 aliphatic rings. The second-order valence-electron chi connectivity index (χ2n) is 12.7. The fraction of sp³-hybridized carbons (Fsp3) is 0.200. The van der Waals surface area contributed by atoms with Crippen LogP contribution in [0.1, 0.15) is 21.9 Å². The first kappa shape index (κ1) is 37.2. The first-order valence-corrected chi connectivity index (χ1v) is 19.5. The Morgan fingerprint density at radius 3 is 1.30 bits per heavy atom. The van der Waals surface area contributed by atoms with Gasteiger partial charge in [0.2, 0.25) is 11.8 Å². The second-order valence-corrected chi connectivity index (χ2v) is 14.9. The van der Waals surface area contributed by atoms with Gasteiger partial charge in [-0.05, 0) is 72.8 Å². The van der Waals surface area contributed by atoms with Crippen LogP contribution in [0.25, 0.3) is 33.9 Å². The van der Waals surface area contributed by atoms with E-state index in [2.05, 4.69) is 9.47 Å². The van der Waals surface area contributed by atoms with Gasteiger partial charge in [-0.15, -0.1) is 23.5 Å². The smallest absolute Gasteiger partial charge is 0.387 e. The summed E-state index contributed by atoms with van der Waals surface area (Å²) in [6, 6.07) is 31.4. The summed E-state index contributed by atoms with van der Waals surface area (Å²) in [5.41, 5.74) is 5.53. The summed E-state index contributed by atoms with van der Waals surface area (Å²) in [4.78, 5) is 30.6. The number of carbonyl (C=O) groups excluding carboxylic acids is 2. The lowest BCUT2D eigenvalue weighted by molar-refractivity contribution is -0.132. The number of aromatic nitrogens is 4. The molecule has 2 aromatic heterocycles. The van der Waals surface area contributed by atoms with E-state index in [1.54, 1.807) is 43.4 Å². The number of para-hydroxylation sites is 2. The zero-order valence-electron chi connectivity index (χ0n) is 29.3. The zero-order valence-corrected chi connectivity index (χ0v) is 31.0. The number of carbonyl (C=O) groups is 2. The molecule has 6 aromatic rings. The van der Waals surface area contributed by atoms with Crippen LogP contribution >= 0.6 is 23.5 Å². The molecule has 4 heterocycles. The number of halogens is 4. The molecular weight excluding hydrogens is 769 g/mol. The van der Waals surface area contributed by atoms with Gasteiger partial charge in [0.05, 0.1) is 34.3 Å². The maximum atomic E-state index is 13.6. The Bertz CT molecular complexity index is 2150. The van der Waals surface area contributed by atoms with E-state index in [0.717, 1.165) is 22.5 Å². The molecule has 0 N–H and O–H groups in total. The van der Waals surface area contributed by atoms with E-state index in [0.29, 0.717) is 22.5 Å². The van der Waals surface area contributed by atoms with E-state index in [1.807, 2.05) is 73.1 Å². The van der Waals surface area contributed by atoms with Crippen molar-refractivity contribution < 1.29 is 36.6 Å². The number of hydrogen-bond donors (Lipinski definition) is 0. The predicted molar refractivity (Wildman–Crippen MR) is 205 cm³/mol. The molecule has 0 aliphatic carbocycles. The van der Waals surface area contributed by atoms with Crippen molar-refractivity contribution in [1.29, 1.82) is 0 Å². The highest BCUT2D eigenvalue weighted by atomic mass is 32.2. The Balaban J connectivity index is 1.09. The first-order chi connectivity index (χ1) is 27.2. The van der Waals surface area contributed by atoms with E-state index in [4.69, 9.17) is 10.2 Å². The molecule has 0 spiro atoms. The molecule has 0 bridgehead atoms. The lowest BCUT2D eigenvalue weighted by atomic mass is 10.1. The number of alkyl halides is 4. The SMILES string of the molecule is O=C1CS[C@H](c2cn(-c3ccccc3)nc2-c2ccc(OC(F)F)cc2)N1CCN1C(=O)CS[C@H]1c1cn(-c2ccccc2)nc1-c1ccc(OC(F)F)cc1. The van der Waals surface area contributed by atoms with Crippen LogP contribution < -0.4 is 9.47 Å². The molecule has 4 aromatic carbocycles. The largest absolute Gasteiger partial charge is 0.435 e. The third-order valence-electron chi connectivity index (χ3n) is 9.28. The van der Waals surface area contributed by atoms with Crippen molar-refractivity contribution in [2.24, 2.45) is 0 Å². The number of hydrogen-bond acceptors (Lipinski definition) is 8. The molecule has 2 aliphatic heterocycles. The van der Waals surface area contributed by atoms with Gasteiger partial charge in [0.25, 0.3) is 0 Å². The summed E-state index contributed by atoms with van der Waals surface area (Å²) < 4.78 is 64.2. The van der Waals surface area contributed by atoms with Crippen LogP contribution in [-0.4, -0.2) is 79.0 Å². The maximum Gasteiger partial charge on any atom is 0.387 e. The summed E-state index contributed by atoms with van der Waals surface area (Å²) in [7, 11) is 0. The van der Waals surface area contributed by atoms with Gasteiger partial charge in [-0.3, -0.25) is 9.59 Å². The van der Waals surface area contributed by atoms with Gasteiger partial charge in [-0.1, -0.05) is 36.4 Å². The highest BCUT2D eigenvalue weighted by molar-refractivity contribution is 8.00. The molecule has 2 amide bonds. The summed E-state index contributed by atoms with van der Waals surface area (Å²) in [6.07, 6.45) is 3.75. The van der Waals surface area contributed by atoms with E-state index in [-0.39, 0.29) is 47.9 Å². The molecule has 10 nitrogen and oxygen atoms in total. The normalized spacial score (nSPS) is 17.1. The van der Waals surface area contributed by atoms with E-state index in [1.165, 1.54) is 47.8 Å². The van der Waals surface area contributed by atoms with Crippen molar-refractivity contribution >= 4 is 35.3 Å². The number of amides is 2. The fourth-order valence-electron chi connectivity index (χ4n) is 6.72. The standard InChI is InChI=1S/C40H32F4N6O4S2/c41-39(42)53-29-15-11-25(12-16-29)35-31(21-49(45-35)27-7-3-1-4-8-27)37-47(33(51)23-55-37)19-20-48-34(52)24-56-38(48)32-22-50(28-9-5-2-6-10-28)46-36(32)26-13-17-30(18-14-26)54-40(43)44/h1-18,21-22,37-40H,19-20,23-24H2/t37-,38+. The van der Waals surface area contributed by atoms with Gasteiger partial charge in [0.15, 0.2) is 0 Å². The quantitative estimate of drug-likeness (QED) is 0.108. The summed E-state index contributed by atoms with van der Waals surface area (Å²) >= 11 is 2.89. The van der Waals surface area contributed by atoms with Crippen LogP contribution in [0.2, 0.25) is 0 Å². The van der Waals surface area contributed by atoms with Gasteiger partial charge < -0.3 is 19.3 Å². The molecule has 0 saturated carbocycles. The Hall–Kier alpha value is -5.74. The highest BCUT2D eigenvalue weighted by Gasteiger charge is 2.40. The number of benzene rings is 4. The first-order valence-electron chi connectivity index (χ1n) is 17.4. The molecule has 56 heavy (non-hydrogen) atoms. The van der Waals surface area contributed by atoms with Crippen LogP contribution in [0.15, 0.2) is 122 Å². The maximum absolute atomic E-state index is 13.6. The molecule has 16 heteroatoms. The minimum atomic E-state index is -2.96. The Morgan fingerprint density at radius 2 is 0.946 bits per heavy atom. The number of ether oxygens (including phenoxy) is 2. The summed E-state index contributed by atoms with van der Waals surface area (Å²) in [5, 5.41) is 8.86. The van der Waals surface area contributed by atoms with E-state index >= 15 is 0 Å². The highest BCUT2D eigenvalue weighted by Crippen LogP contribution is 2.45. The van der Waals surface area contributed by atoms with Crippen molar-refractivity contribution in [2.45, 2.75) is 24.0 Å². The van der Waals surface area contributed by atoms with Crippen molar-refractivity contribution in [2.75, 3.05) is 24.6 Å². The zero-order chi connectivity index (χ0) is 38.8. The fourth-order valence-corrected chi connectivity index (χ4v) is 9.16. The van der Waals surface area contributed by atoms with Crippen LogP contribution in [0.4, 0.5) is 17.6 Å². The monoisotopic (exact) mass is 800 g/mol. The molecule has 0 radical (unpaired) electrons. The molecule has 8 rings (SSSR count). The van der Waals surface area contributed by atoms with Crippen molar-refractivity contribution in [3.8, 4) is 45.4 Å². The van der Waals surface area contributed by atoms with Crippen LogP contribution in [0, 0.1) is 0 Å². The number of thioether (sulfide) groups is 2. The van der Waals surface area contributed by atoms with Crippen LogP contribution in [0.3, 0.4) is 0 Å². The predicted octanol–water partition coefficient (Wildman–Crippen LogP) is 8.44. The van der Waals surface area contributed by atoms with E-state index < -0.39 is 24.0 Å². The third kappa shape index (κ3) is 7.84. The topological polar surface area (TPSA) is 94.7 Å². The van der Waals surface area contributed by atoms with Gasteiger partial charge in [-0.2, -0.15) is 27.8 Å². The lowest BCUT2D eigenvalue weighted by Gasteiger charge is -2.29. The van der Waals surface area contributed by atoms with Crippen molar-refractivity contribution in [1.82, 2.24) is 29.4 Å². The summed E-state index contributed by atoms with van der Waals surface area (Å²) in [5.74, 6) is 0.258. The third-order valence-corrected chi connectivity index (χ3v) is 11.8. The number of nitrogens with zero attached hydrogens (tertiary/aromatic N) is 6. The molecular formula is C40H32F4N6O4S2. The molecule has 0 unspecified atom stereocenters. The van der Waals surface area contributed by atoms with Gasteiger partial charge in [-0.25, -0.2) is 9.36 Å². The average Bonchev–Trinajstić information content (AvgIpc) is 4.00. The van der Waals surface area contributed by atoms with Gasteiger partial charge >= 0.3 is 13.2 Å². The van der Waals surface area contributed by atoms with E-state index in [9.17, 15) is 27.2 Å². The Morgan fingerprint density at radius 1 is 0.571 bits per heavy atom. The Labute approximate surface area is 327 Å². The van der Waals surface area contributed by atoms with Crippen molar-refractivity contribution in [3.63, 3.8) is 0 Å². The van der Waals surface area contributed by atoms with Gasteiger partial charge in [0.1, 0.15) is 22.2 Å². The second kappa shape index (κ2) is 16.2. The molecule has 2 atom stereocenters. The number of rotatable bonds is 13. The lowest BCUT2D eigenvalue weighted by Crippen LogP contribution is -2.39. The Kier molecular flexibility index (Phi) is 10.7. The molecule has 2 saturated heterocycles. The summed E-state index contributed by atoms with van der Waals surface area (Å²) in [6.45, 7) is -5.48. The van der Waals surface area contributed by atoms with Crippen LogP contribution in [0.5, 0.6) is 11.5 Å². The average molecular weight is 801 g/mol. The van der Waals surface area contributed by atoms with Crippen LogP contribution in [-0.2, 0) is 9.59 Å².